The van der Waals surface area contributed by atoms with E-state index in [0.717, 1.165) is 4.90 Å². The zero-order valence-electron chi connectivity index (χ0n) is 13.6. The molecule has 0 atom stereocenters. The third-order valence-corrected chi connectivity index (χ3v) is 5.31. The third-order valence-electron chi connectivity index (χ3n) is 3.74. The number of amides is 2. The average Bonchev–Trinajstić information content (AvgIpc) is 2.91. The van der Waals surface area contributed by atoms with Crippen LogP contribution in [0.1, 0.15) is 15.9 Å². The van der Waals surface area contributed by atoms with Gasteiger partial charge in [-0.2, -0.15) is 0 Å². The van der Waals surface area contributed by atoms with Crippen LogP contribution in [0.5, 0.6) is 0 Å². The Labute approximate surface area is 166 Å². The van der Waals surface area contributed by atoms with Crippen LogP contribution in [-0.4, -0.2) is 33.3 Å². The van der Waals surface area contributed by atoms with Crippen molar-refractivity contribution in [1.82, 2.24) is 4.90 Å². The van der Waals surface area contributed by atoms with E-state index >= 15 is 0 Å². The summed E-state index contributed by atoms with van der Waals surface area (Å²) >= 11 is 3.79. The maximum absolute atomic E-state index is 12.5. The molecule has 0 aliphatic carbocycles. The molecule has 0 saturated carbocycles. The normalized spacial score (nSPS) is 15.4. The summed E-state index contributed by atoms with van der Waals surface area (Å²) in [5, 5.41) is 10.5. The van der Waals surface area contributed by atoms with E-state index in [2.05, 4.69) is 15.9 Å². The number of thioether (sulfide) groups is 1. The van der Waals surface area contributed by atoms with E-state index in [1.165, 1.54) is 18.2 Å². The molecule has 2 aromatic carbocycles. The highest BCUT2D eigenvalue weighted by molar-refractivity contribution is 9.10. The molecule has 7 nitrogen and oxygen atoms in total. The summed E-state index contributed by atoms with van der Waals surface area (Å²) < 4.78 is 0.311. The van der Waals surface area contributed by atoms with Gasteiger partial charge in [0.15, 0.2) is 5.78 Å². The summed E-state index contributed by atoms with van der Waals surface area (Å²) in [5.74, 6) is -0.946. The molecule has 27 heavy (non-hydrogen) atoms. The van der Waals surface area contributed by atoms with Crippen LogP contribution in [0.2, 0.25) is 0 Å². The van der Waals surface area contributed by atoms with Crippen LogP contribution in [0.25, 0.3) is 6.08 Å². The van der Waals surface area contributed by atoms with Crippen molar-refractivity contribution in [3.05, 3.63) is 79.2 Å². The summed E-state index contributed by atoms with van der Waals surface area (Å²) in [6, 6.07) is 12.7. The largest absolute Gasteiger partial charge is 0.293 e. The highest BCUT2D eigenvalue weighted by atomic mass is 79.9. The Bertz CT molecular complexity index is 991. The summed E-state index contributed by atoms with van der Waals surface area (Å²) in [7, 11) is 0. The van der Waals surface area contributed by atoms with Crippen LogP contribution < -0.4 is 0 Å². The van der Waals surface area contributed by atoms with Crippen LogP contribution >= 0.6 is 27.7 Å². The van der Waals surface area contributed by atoms with Gasteiger partial charge < -0.3 is 0 Å². The number of rotatable bonds is 5. The first-order valence-electron chi connectivity index (χ1n) is 7.64. The molecule has 9 heteroatoms. The molecule has 3 rings (SSSR count). The van der Waals surface area contributed by atoms with Crippen molar-refractivity contribution in [2.45, 2.75) is 0 Å². The Kier molecular flexibility index (Phi) is 5.52. The summed E-state index contributed by atoms with van der Waals surface area (Å²) in [4.78, 5) is 48.3. The molecule has 0 unspecified atom stereocenters. The van der Waals surface area contributed by atoms with Gasteiger partial charge in [-0.1, -0.05) is 36.4 Å². The quantitative estimate of drug-likeness (QED) is 0.294. The van der Waals surface area contributed by atoms with Gasteiger partial charge in [0.05, 0.1) is 20.8 Å². The second-order valence-corrected chi connectivity index (χ2v) is 7.37. The second kappa shape index (κ2) is 7.85. The molecular formula is C18H11BrN2O5S. The van der Waals surface area contributed by atoms with Crippen molar-refractivity contribution in [3.63, 3.8) is 0 Å². The predicted molar refractivity (Wildman–Crippen MR) is 104 cm³/mol. The van der Waals surface area contributed by atoms with Gasteiger partial charge in [-0.15, -0.1) is 0 Å². The molecule has 2 aromatic rings. The first-order chi connectivity index (χ1) is 12.9. The van der Waals surface area contributed by atoms with Crippen LogP contribution in [0.3, 0.4) is 0 Å². The van der Waals surface area contributed by atoms with Crippen molar-refractivity contribution in [3.8, 4) is 0 Å². The minimum Gasteiger partial charge on any atom is -0.292 e. The summed E-state index contributed by atoms with van der Waals surface area (Å²) in [5.41, 5.74) is 0.663. The van der Waals surface area contributed by atoms with E-state index in [9.17, 15) is 24.5 Å². The van der Waals surface area contributed by atoms with Crippen molar-refractivity contribution >= 4 is 56.4 Å². The molecule has 0 N–H and O–H groups in total. The summed E-state index contributed by atoms with van der Waals surface area (Å²) in [6.45, 7) is -0.355. The van der Waals surface area contributed by atoms with Crippen molar-refractivity contribution in [2.75, 3.05) is 6.54 Å². The van der Waals surface area contributed by atoms with Crippen LogP contribution in [0, 0.1) is 10.1 Å². The number of ketones is 1. The number of hydrogen-bond acceptors (Lipinski definition) is 6. The molecule has 0 aromatic heterocycles. The Morgan fingerprint density at radius 1 is 1.19 bits per heavy atom. The number of Topliss-reactive ketones (excluding diaryl/α,β-unsaturated/α-hetero) is 1. The van der Waals surface area contributed by atoms with Gasteiger partial charge in [0, 0.05) is 11.6 Å². The molecule has 1 saturated heterocycles. The van der Waals surface area contributed by atoms with Crippen LogP contribution in [0.4, 0.5) is 10.5 Å². The number of nitro groups is 1. The fourth-order valence-electron chi connectivity index (χ4n) is 2.41. The maximum Gasteiger partial charge on any atom is 0.293 e. The number of hydrogen-bond donors (Lipinski definition) is 0. The standard InChI is InChI=1S/C18H11BrN2O5S/c19-13-7-6-11(8-14(13)21(25)26)9-16-17(23)20(18(24)27-16)10-15(22)12-4-2-1-3-5-12/h1-9H,10H2/b16-9-. The van der Waals surface area contributed by atoms with Crippen LogP contribution in [0.15, 0.2) is 57.9 Å². The summed E-state index contributed by atoms with van der Waals surface area (Å²) in [6.07, 6.45) is 1.40. The fraction of sp³-hybridized carbons (Fsp3) is 0.0556. The molecule has 0 spiro atoms. The first kappa shape index (κ1) is 19.0. The number of carbonyl (C=O) groups excluding carboxylic acids is 3. The van der Waals surface area contributed by atoms with E-state index in [0.29, 0.717) is 27.4 Å². The minimum absolute atomic E-state index is 0.109. The number of halogens is 1. The first-order valence-corrected chi connectivity index (χ1v) is 9.25. The van der Waals surface area contributed by atoms with E-state index in [4.69, 9.17) is 0 Å². The van der Waals surface area contributed by atoms with Gasteiger partial charge in [0.1, 0.15) is 0 Å². The van der Waals surface area contributed by atoms with Gasteiger partial charge in [-0.3, -0.25) is 29.4 Å². The Morgan fingerprint density at radius 3 is 2.56 bits per heavy atom. The van der Waals surface area contributed by atoms with Crippen LogP contribution in [-0.2, 0) is 4.79 Å². The number of nitro benzene ring substituents is 1. The Balaban J connectivity index is 1.82. The SMILES string of the molecule is O=C(CN1C(=O)S/C(=C\c2ccc(Br)c([N+](=O)[O-])c2)C1=O)c1ccccc1. The lowest BCUT2D eigenvalue weighted by Gasteiger charge is -2.11. The predicted octanol–water partition coefficient (Wildman–Crippen LogP) is 4.28. The highest BCUT2D eigenvalue weighted by Gasteiger charge is 2.36. The molecule has 0 radical (unpaired) electrons. The molecular weight excluding hydrogens is 436 g/mol. The Hall–Kier alpha value is -2.78. The zero-order chi connectivity index (χ0) is 19.6. The highest BCUT2D eigenvalue weighted by Crippen LogP contribution is 2.34. The van der Waals surface area contributed by atoms with Crippen molar-refractivity contribution < 1.29 is 19.3 Å². The lowest BCUT2D eigenvalue weighted by molar-refractivity contribution is -0.385. The van der Waals surface area contributed by atoms with Crippen molar-refractivity contribution in [1.29, 1.82) is 0 Å². The lowest BCUT2D eigenvalue weighted by Crippen LogP contribution is -2.33. The third kappa shape index (κ3) is 4.15. The number of nitrogens with zero attached hydrogens (tertiary/aromatic N) is 2. The molecule has 136 valence electrons. The van der Waals surface area contributed by atoms with Crippen molar-refractivity contribution in [2.24, 2.45) is 0 Å². The molecule has 1 heterocycles. The van der Waals surface area contributed by atoms with E-state index in [1.54, 1.807) is 36.4 Å². The van der Waals surface area contributed by atoms with E-state index in [-0.39, 0.29) is 22.9 Å². The molecule has 1 fully saturated rings. The maximum atomic E-state index is 12.5. The molecule has 1 aliphatic heterocycles. The van der Waals surface area contributed by atoms with Gasteiger partial charge in [0.25, 0.3) is 16.8 Å². The lowest BCUT2D eigenvalue weighted by atomic mass is 10.1. The minimum atomic E-state index is -0.597. The van der Waals surface area contributed by atoms with E-state index in [1.807, 2.05) is 0 Å². The number of carbonyl (C=O) groups is 3. The zero-order valence-corrected chi connectivity index (χ0v) is 16.0. The van der Waals surface area contributed by atoms with Gasteiger partial charge >= 0.3 is 0 Å². The molecule has 1 aliphatic rings. The smallest absolute Gasteiger partial charge is 0.292 e. The second-order valence-electron chi connectivity index (χ2n) is 5.53. The monoisotopic (exact) mass is 446 g/mol. The topological polar surface area (TPSA) is 97.6 Å². The average molecular weight is 447 g/mol. The fourth-order valence-corrected chi connectivity index (χ4v) is 3.64. The van der Waals surface area contributed by atoms with E-state index < -0.39 is 16.1 Å². The van der Waals surface area contributed by atoms with Gasteiger partial charge in [-0.05, 0) is 45.4 Å². The molecule has 2 amide bonds. The number of imide groups is 1. The van der Waals surface area contributed by atoms with Gasteiger partial charge in [0.2, 0.25) is 0 Å². The number of benzene rings is 2. The molecule has 0 bridgehead atoms. The van der Waals surface area contributed by atoms with Gasteiger partial charge in [-0.25, -0.2) is 0 Å². The Morgan fingerprint density at radius 2 is 1.89 bits per heavy atom.